The molecule has 3 rings (SSSR count). The van der Waals surface area contributed by atoms with E-state index in [9.17, 15) is 4.79 Å². The van der Waals surface area contributed by atoms with Gasteiger partial charge in [0, 0.05) is 0 Å². The molecule has 0 aliphatic carbocycles. The summed E-state index contributed by atoms with van der Waals surface area (Å²) in [7, 11) is 0. The lowest BCUT2D eigenvalue weighted by molar-refractivity contribution is 0.0697. The molecule has 0 unspecified atom stereocenters. The highest BCUT2D eigenvalue weighted by Crippen LogP contribution is 2.06. The lowest BCUT2D eigenvalue weighted by Gasteiger charge is -2.20. The molecule has 0 heterocycles. The van der Waals surface area contributed by atoms with Gasteiger partial charge in [-0.3, -0.25) is 0 Å². The SMILES string of the molecule is CCN(CCCc1ccccc1)CCCc1ccccc1.O=C(O)c1ccccc1. The van der Waals surface area contributed by atoms with Crippen LogP contribution in [-0.2, 0) is 12.8 Å². The summed E-state index contributed by atoms with van der Waals surface area (Å²) in [4.78, 5) is 12.8. The van der Waals surface area contributed by atoms with Gasteiger partial charge in [0.1, 0.15) is 0 Å². The maximum Gasteiger partial charge on any atom is 0.335 e. The number of benzene rings is 3. The second-order valence-electron chi connectivity index (χ2n) is 7.28. The van der Waals surface area contributed by atoms with Crippen LogP contribution in [0.5, 0.6) is 0 Å². The number of hydrogen-bond acceptors (Lipinski definition) is 2. The van der Waals surface area contributed by atoms with Crippen molar-refractivity contribution in [3.63, 3.8) is 0 Å². The third-order valence-corrected chi connectivity index (χ3v) is 5.03. The van der Waals surface area contributed by atoms with Crippen LogP contribution in [0.3, 0.4) is 0 Å². The summed E-state index contributed by atoms with van der Waals surface area (Å²) in [5.41, 5.74) is 3.24. The number of rotatable bonds is 10. The Hall–Kier alpha value is -2.91. The van der Waals surface area contributed by atoms with Gasteiger partial charge in [0.15, 0.2) is 0 Å². The van der Waals surface area contributed by atoms with Crippen molar-refractivity contribution < 1.29 is 9.90 Å². The minimum absolute atomic E-state index is 0.331. The highest BCUT2D eigenvalue weighted by Gasteiger charge is 2.03. The maximum absolute atomic E-state index is 10.2. The van der Waals surface area contributed by atoms with Gasteiger partial charge in [-0.05, 0) is 68.6 Å². The summed E-state index contributed by atoms with van der Waals surface area (Å²) < 4.78 is 0. The van der Waals surface area contributed by atoms with Crippen molar-refractivity contribution in [3.05, 3.63) is 108 Å². The minimum atomic E-state index is -0.879. The molecule has 3 aromatic carbocycles. The van der Waals surface area contributed by atoms with E-state index in [1.165, 1.54) is 49.9 Å². The van der Waals surface area contributed by atoms with E-state index in [1.54, 1.807) is 30.3 Å². The van der Waals surface area contributed by atoms with Crippen LogP contribution in [0.15, 0.2) is 91.0 Å². The van der Waals surface area contributed by atoms with Crippen LogP contribution in [0.1, 0.15) is 41.3 Å². The molecule has 30 heavy (non-hydrogen) atoms. The molecule has 0 aromatic heterocycles. The Balaban J connectivity index is 0.000000297. The number of aromatic carboxylic acids is 1. The lowest BCUT2D eigenvalue weighted by atomic mass is 10.1. The predicted molar refractivity (Wildman–Crippen MR) is 125 cm³/mol. The second-order valence-corrected chi connectivity index (χ2v) is 7.28. The highest BCUT2D eigenvalue weighted by atomic mass is 16.4. The fourth-order valence-corrected chi connectivity index (χ4v) is 3.31. The quantitative estimate of drug-likeness (QED) is 0.454. The molecule has 0 saturated carbocycles. The van der Waals surface area contributed by atoms with E-state index in [4.69, 9.17) is 5.11 Å². The summed E-state index contributed by atoms with van der Waals surface area (Å²) in [6, 6.07) is 29.9. The van der Waals surface area contributed by atoms with Crippen LogP contribution in [-0.4, -0.2) is 35.6 Å². The molecular formula is C27H33NO2. The fourth-order valence-electron chi connectivity index (χ4n) is 3.31. The zero-order valence-corrected chi connectivity index (χ0v) is 17.9. The Bertz CT molecular complexity index is 774. The first-order valence-electron chi connectivity index (χ1n) is 10.8. The van der Waals surface area contributed by atoms with Gasteiger partial charge in [0.2, 0.25) is 0 Å². The van der Waals surface area contributed by atoms with Gasteiger partial charge in [-0.25, -0.2) is 4.79 Å². The smallest absolute Gasteiger partial charge is 0.335 e. The molecule has 0 saturated heterocycles. The Labute approximate surface area is 181 Å². The first-order chi connectivity index (χ1) is 14.7. The minimum Gasteiger partial charge on any atom is -0.478 e. The molecule has 1 N–H and O–H groups in total. The van der Waals surface area contributed by atoms with E-state index in [-0.39, 0.29) is 0 Å². The van der Waals surface area contributed by atoms with Gasteiger partial charge in [0.05, 0.1) is 5.56 Å². The van der Waals surface area contributed by atoms with E-state index in [1.807, 2.05) is 0 Å². The summed E-state index contributed by atoms with van der Waals surface area (Å²) in [6.07, 6.45) is 4.89. The van der Waals surface area contributed by atoms with Gasteiger partial charge < -0.3 is 10.0 Å². The third kappa shape index (κ3) is 9.53. The number of aryl methyl sites for hydroxylation is 2. The predicted octanol–water partition coefficient (Wildman–Crippen LogP) is 5.96. The first-order valence-corrected chi connectivity index (χ1v) is 10.8. The molecule has 0 amide bonds. The average molecular weight is 404 g/mol. The van der Waals surface area contributed by atoms with Crippen LogP contribution in [0.2, 0.25) is 0 Å². The van der Waals surface area contributed by atoms with Gasteiger partial charge >= 0.3 is 5.97 Å². The van der Waals surface area contributed by atoms with Crippen LogP contribution in [0.4, 0.5) is 0 Å². The van der Waals surface area contributed by atoms with E-state index in [2.05, 4.69) is 72.5 Å². The monoisotopic (exact) mass is 403 g/mol. The Morgan fingerprint density at radius 3 is 1.43 bits per heavy atom. The molecule has 0 spiro atoms. The first kappa shape index (κ1) is 23.4. The van der Waals surface area contributed by atoms with Crippen molar-refractivity contribution in [3.8, 4) is 0 Å². The van der Waals surface area contributed by atoms with Gasteiger partial charge in [-0.1, -0.05) is 85.8 Å². The number of carboxylic acid groups (broad SMARTS) is 1. The standard InChI is InChI=1S/C20H27N.C7H6O2/c1-2-21(17-9-15-19-11-5-3-6-12-19)18-10-16-20-13-7-4-8-14-20;8-7(9)6-4-2-1-3-5-6/h3-8,11-14H,2,9-10,15-18H2,1H3;1-5H,(H,8,9). The van der Waals surface area contributed by atoms with Crippen LogP contribution in [0, 0.1) is 0 Å². The molecule has 3 aromatic rings. The van der Waals surface area contributed by atoms with Gasteiger partial charge in [0.25, 0.3) is 0 Å². The van der Waals surface area contributed by atoms with Crippen LogP contribution in [0.25, 0.3) is 0 Å². The Kier molecular flexibility index (Phi) is 11.0. The van der Waals surface area contributed by atoms with Crippen molar-refractivity contribution in [2.75, 3.05) is 19.6 Å². The normalized spacial score (nSPS) is 10.3. The van der Waals surface area contributed by atoms with Crippen molar-refractivity contribution in [1.82, 2.24) is 4.90 Å². The zero-order valence-electron chi connectivity index (χ0n) is 17.9. The number of hydrogen-bond donors (Lipinski definition) is 1. The zero-order chi connectivity index (χ0) is 21.4. The van der Waals surface area contributed by atoms with Crippen LogP contribution >= 0.6 is 0 Å². The third-order valence-electron chi connectivity index (χ3n) is 5.03. The molecule has 158 valence electrons. The van der Waals surface area contributed by atoms with E-state index >= 15 is 0 Å². The molecule has 0 aliphatic heterocycles. The van der Waals surface area contributed by atoms with E-state index in [0.717, 1.165) is 6.54 Å². The van der Waals surface area contributed by atoms with Crippen molar-refractivity contribution in [2.45, 2.75) is 32.6 Å². The molecule has 3 heteroatoms. The van der Waals surface area contributed by atoms with Gasteiger partial charge in [-0.15, -0.1) is 0 Å². The largest absolute Gasteiger partial charge is 0.478 e. The molecule has 0 atom stereocenters. The molecule has 0 radical (unpaired) electrons. The molecule has 3 nitrogen and oxygen atoms in total. The van der Waals surface area contributed by atoms with E-state index in [0.29, 0.717) is 5.56 Å². The molecule has 0 bridgehead atoms. The summed E-state index contributed by atoms with van der Waals surface area (Å²) >= 11 is 0. The Morgan fingerprint density at radius 1 is 0.700 bits per heavy atom. The average Bonchev–Trinajstić information content (AvgIpc) is 2.80. The number of nitrogens with zero attached hydrogens (tertiary/aromatic N) is 1. The molecule has 0 aliphatic rings. The van der Waals surface area contributed by atoms with Crippen molar-refractivity contribution in [1.29, 1.82) is 0 Å². The maximum atomic E-state index is 10.2. The summed E-state index contributed by atoms with van der Waals surface area (Å²) in [6.45, 7) is 5.84. The Morgan fingerprint density at radius 2 is 1.10 bits per heavy atom. The highest BCUT2D eigenvalue weighted by molar-refractivity contribution is 5.87. The fraction of sp³-hybridized carbons (Fsp3) is 0.296. The second kappa shape index (κ2) is 14.1. The summed E-state index contributed by atoms with van der Waals surface area (Å²) in [5, 5.41) is 8.38. The van der Waals surface area contributed by atoms with E-state index < -0.39 is 5.97 Å². The summed E-state index contributed by atoms with van der Waals surface area (Å²) in [5.74, 6) is -0.879. The topological polar surface area (TPSA) is 40.5 Å². The number of carbonyl (C=O) groups is 1. The molecular weight excluding hydrogens is 370 g/mol. The van der Waals surface area contributed by atoms with Crippen LogP contribution < -0.4 is 0 Å². The lowest BCUT2D eigenvalue weighted by Crippen LogP contribution is -2.26. The van der Waals surface area contributed by atoms with Crippen molar-refractivity contribution in [2.24, 2.45) is 0 Å². The molecule has 0 fully saturated rings. The number of carboxylic acids is 1. The van der Waals surface area contributed by atoms with Crippen molar-refractivity contribution >= 4 is 5.97 Å². The van der Waals surface area contributed by atoms with Gasteiger partial charge in [-0.2, -0.15) is 0 Å².